The molecular weight excluding hydrogens is 409 g/mol. The lowest BCUT2D eigenvalue weighted by Gasteiger charge is -2.31. The van der Waals surface area contributed by atoms with Crippen LogP contribution in [0.2, 0.25) is 0 Å². The molecule has 2 aromatic heterocycles. The molecule has 1 amide bonds. The molecule has 0 spiro atoms. The van der Waals surface area contributed by atoms with Gasteiger partial charge in [0, 0.05) is 45.1 Å². The summed E-state index contributed by atoms with van der Waals surface area (Å²) in [6.45, 7) is 0.675. The Hall–Kier alpha value is -3.01. The van der Waals surface area contributed by atoms with Crippen LogP contribution in [-0.2, 0) is 23.9 Å². The van der Waals surface area contributed by atoms with Crippen LogP contribution in [-0.4, -0.2) is 56.9 Å². The number of amides is 1. The van der Waals surface area contributed by atoms with Gasteiger partial charge in [0.05, 0.1) is 10.9 Å². The summed E-state index contributed by atoms with van der Waals surface area (Å²) < 4.78 is 41.8. The number of carbonyl (C=O) groups is 1. The number of rotatable bonds is 4. The number of benzene rings is 1. The van der Waals surface area contributed by atoms with Crippen molar-refractivity contribution in [1.29, 1.82) is 0 Å². The Morgan fingerprint density at radius 3 is 2.40 bits per heavy atom. The number of carbonyl (C=O) groups excluding carboxylic acids is 1. The summed E-state index contributed by atoms with van der Waals surface area (Å²) >= 11 is 0. The van der Waals surface area contributed by atoms with Crippen LogP contribution in [0.4, 0.5) is 4.39 Å². The van der Waals surface area contributed by atoms with Gasteiger partial charge in [-0.1, -0.05) is 0 Å². The lowest BCUT2D eigenvalue weighted by Crippen LogP contribution is -2.43. The summed E-state index contributed by atoms with van der Waals surface area (Å²) in [5.74, 6) is -0.541. The van der Waals surface area contributed by atoms with Crippen LogP contribution in [0.5, 0.6) is 0 Å². The van der Waals surface area contributed by atoms with Gasteiger partial charge >= 0.3 is 0 Å². The molecule has 0 atom stereocenters. The smallest absolute Gasteiger partial charge is 0.272 e. The predicted molar refractivity (Wildman–Crippen MR) is 108 cm³/mol. The third kappa shape index (κ3) is 3.62. The molecule has 0 aliphatic carbocycles. The van der Waals surface area contributed by atoms with E-state index in [9.17, 15) is 17.6 Å². The number of piperidine rings is 1. The van der Waals surface area contributed by atoms with Crippen LogP contribution in [0.1, 0.15) is 23.3 Å². The summed E-state index contributed by atoms with van der Waals surface area (Å²) in [6, 6.07) is 7.59. The van der Waals surface area contributed by atoms with Gasteiger partial charge < -0.3 is 9.47 Å². The highest BCUT2D eigenvalue weighted by molar-refractivity contribution is 7.91. The van der Waals surface area contributed by atoms with E-state index in [4.69, 9.17) is 0 Å². The standard InChI is InChI=1S/C20H22FN5O3S/c1-24-12-9-22-20(24)30(28,29)16-7-10-26(11-8-16)19(27)18-13-17(23-25(18)2)14-3-5-15(21)6-4-14/h3-6,9,12-13,16H,7-8,10-11H2,1-2H3. The number of aromatic nitrogens is 4. The molecule has 3 heterocycles. The minimum atomic E-state index is -3.54. The monoisotopic (exact) mass is 431 g/mol. The Labute approximate surface area is 173 Å². The van der Waals surface area contributed by atoms with E-state index in [1.807, 2.05) is 0 Å². The molecule has 1 fully saturated rings. The van der Waals surface area contributed by atoms with E-state index in [-0.39, 0.29) is 16.9 Å². The average molecular weight is 431 g/mol. The molecule has 0 unspecified atom stereocenters. The quantitative estimate of drug-likeness (QED) is 0.631. The Kier molecular flexibility index (Phi) is 5.19. The molecule has 0 saturated carbocycles. The predicted octanol–water partition coefficient (Wildman–Crippen LogP) is 2.04. The molecule has 1 aromatic carbocycles. The van der Waals surface area contributed by atoms with Gasteiger partial charge in [0.25, 0.3) is 5.91 Å². The molecule has 0 bridgehead atoms. The zero-order chi connectivity index (χ0) is 21.5. The van der Waals surface area contributed by atoms with Gasteiger partial charge in [0.15, 0.2) is 0 Å². The fraction of sp³-hybridized carbons (Fsp3) is 0.350. The highest BCUT2D eigenvalue weighted by Crippen LogP contribution is 2.25. The van der Waals surface area contributed by atoms with Crippen LogP contribution < -0.4 is 0 Å². The van der Waals surface area contributed by atoms with E-state index in [2.05, 4.69) is 10.1 Å². The number of imidazole rings is 1. The number of hydrogen-bond acceptors (Lipinski definition) is 5. The van der Waals surface area contributed by atoms with Crippen molar-refractivity contribution >= 4 is 15.7 Å². The largest absolute Gasteiger partial charge is 0.337 e. The second kappa shape index (κ2) is 7.67. The van der Waals surface area contributed by atoms with Crippen molar-refractivity contribution in [2.75, 3.05) is 13.1 Å². The van der Waals surface area contributed by atoms with Crippen molar-refractivity contribution < 1.29 is 17.6 Å². The fourth-order valence-corrected chi connectivity index (χ4v) is 5.54. The maximum absolute atomic E-state index is 13.2. The fourth-order valence-electron chi connectivity index (χ4n) is 3.74. The van der Waals surface area contributed by atoms with Gasteiger partial charge in [-0.25, -0.2) is 17.8 Å². The molecule has 0 N–H and O–H groups in total. The topological polar surface area (TPSA) is 90.1 Å². The van der Waals surface area contributed by atoms with Crippen LogP contribution in [0.25, 0.3) is 11.3 Å². The van der Waals surface area contributed by atoms with Gasteiger partial charge in [-0.2, -0.15) is 5.10 Å². The minimum absolute atomic E-state index is 0.0582. The SMILES string of the molecule is Cn1ccnc1S(=O)(=O)C1CCN(C(=O)c2cc(-c3ccc(F)cc3)nn2C)CC1. The van der Waals surface area contributed by atoms with Crippen molar-refractivity contribution in [1.82, 2.24) is 24.2 Å². The van der Waals surface area contributed by atoms with Crippen LogP contribution in [0.15, 0.2) is 47.9 Å². The molecule has 1 aliphatic rings. The van der Waals surface area contributed by atoms with Crippen molar-refractivity contribution in [3.63, 3.8) is 0 Å². The van der Waals surface area contributed by atoms with Gasteiger partial charge in [-0.3, -0.25) is 9.48 Å². The highest BCUT2D eigenvalue weighted by Gasteiger charge is 2.35. The highest BCUT2D eigenvalue weighted by atomic mass is 32.2. The maximum Gasteiger partial charge on any atom is 0.272 e. The number of sulfone groups is 1. The molecule has 4 rings (SSSR count). The maximum atomic E-state index is 13.2. The Morgan fingerprint density at radius 1 is 1.13 bits per heavy atom. The molecule has 3 aromatic rings. The van der Waals surface area contributed by atoms with Crippen LogP contribution in [0.3, 0.4) is 0 Å². The molecule has 0 radical (unpaired) electrons. The van der Waals surface area contributed by atoms with Gasteiger partial charge in [0.2, 0.25) is 15.0 Å². The number of halogens is 1. The molecule has 1 saturated heterocycles. The first-order valence-electron chi connectivity index (χ1n) is 9.58. The zero-order valence-electron chi connectivity index (χ0n) is 16.7. The molecule has 8 nitrogen and oxygen atoms in total. The molecular formula is C20H22FN5O3S. The zero-order valence-corrected chi connectivity index (χ0v) is 17.5. The number of likely N-dealkylation sites (tertiary alicyclic amines) is 1. The van der Waals surface area contributed by atoms with Crippen molar-refractivity contribution in [2.24, 2.45) is 14.1 Å². The Bertz CT molecular complexity index is 1180. The molecule has 1 aliphatic heterocycles. The van der Waals surface area contributed by atoms with Gasteiger partial charge in [-0.05, 0) is 43.2 Å². The second-order valence-corrected chi connectivity index (χ2v) is 9.52. The third-order valence-corrected chi connectivity index (χ3v) is 7.69. The number of nitrogens with zero attached hydrogens (tertiary/aromatic N) is 5. The van der Waals surface area contributed by atoms with E-state index < -0.39 is 15.1 Å². The van der Waals surface area contributed by atoms with Crippen LogP contribution in [0, 0.1) is 5.82 Å². The van der Waals surface area contributed by atoms with E-state index >= 15 is 0 Å². The minimum Gasteiger partial charge on any atom is -0.337 e. The Balaban J connectivity index is 1.47. The third-order valence-electron chi connectivity index (χ3n) is 5.44. The van der Waals surface area contributed by atoms with Gasteiger partial charge in [0.1, 0.15) is 11.5 Å². The first-order valence-corrected chi connectivity index (χ1v) is 11.1. The van der Waals surface area contributed by atoms with E-state index in [0.29, 0.717) is 42.9 Å². The number of hydrogen-bond donors (Lipinski definition) is 0. The summed E-state index contributed by atoms with van der Waals surface area (Å²) in [6.07, 6.45) is 3.77. The summed E-state index contributed by atoms with van der Waals surface area (Å²) in [5, 5.41) is 3.86. The normalized spacial score (nSPS) is 15.5. The number of aryl methyl sites for hydroxylation is 2. The second-order valence-electron chi connectivity index (χ2n) is 7.40. The molecule has 10 heteroatoms. The summed E-state index contributed by atoms with van der Waals surface area (Å²) in [5.41, 5.74) is 1.69. The van der Waals surface area contributed by atoms with Crippen molar-refractivity contribution in [3.8, 4) is 11.3 Å². The lowest BCUT2D eigenvalue weighted by molar-refractivity contribution is 0.0714. The summed E-state index contributed by atoms with van der Waals surface area (Å²) in [4.78, 5) is 18.6. The first-order chi connectivity index (χ1) is 14.3. The van der Waals surface area contributed by atoms with Crippen molar-refractivity contribution in [3.05, 3.63) is 54.2 Å². The van der Waals surface area contributed by atoms with E-state index in [1.54, 1.807) is 43.4 Å². The van der Waals surface area contributed by atoms with Gasteiger partial charge in [-0.15, -0.1) is 0 Å². The Morgan fingerprint density at radius 2 is 1.80 bits per heavy atom. The first kappa shape index (κ1) is 20.3. The van der Waals surface area contributed by atoms with Crippen LogP contribution >= 0.6 is 0 Å². The van der Waals surface area contributed by atoms with Crippen molar-refractivity contribution in [2.45, 2.75) is 23.2 Å². The molecule has 30 heavy (non-hydrogen) atoms. The molecule has 158 valence electrons. The van der Waals surface area contributed by atoms with E-state index in [1.165, 1.54) is 27.6 Å². The summed E-state index contributed by atoms with van der Waals surface area (Å²) in [7, 11) is -0.210. The lowest BCUT2D eigenvalue weighted by atomic mass is 10.1. The average Bonchev–Trinajstić information content (AvgIpc) is 3.34. The van der Waals surface area contributed by atoms with E-state index in [0.717, 1.165) is 0 Å².